The van der Waals surface area contributed by atoms with E-state index in [0.717, 1.165) is 22.7 Å². The topological polar surface area (TPSA) is 75.9 Å². The predicted octanol–water partition coefficient (Wildman–Crippen LogP) is 1.12. The molecule has 5 rings (SSSR count). The van der Waals surface area contributed by atoms with E-state index in [1.54, 1.807) is 11.7 Å². The van der Waals surface area contributed by atoms with Crippen LogP contribution in [0, 0.1) is 0 Å². The maximum Gasteiger partial charge on any atom is 0.272 e. The van der Waals surface area contributed by atoms with Crippen molar-refractivity contribution in [3.8, 4) is 5.75 Å². The molecule has 140 valence electrons. The molecule has 1 N–H and O–H groups in total. The molecule has 0 atom stereocenters. The number of rotatable bonds is 2. The Balaban J connectivity index is 1.60. The van der Waals surface area contributed by atoms with Crippen LogP contribution in [0.25, 0.3) is 5.57 Å². The molecule has 2 aliphatic rings. The molecule has 7 nitrogen and oxygen atoms in total. The minimum atomic E-state index is -0.246. The van der Waals surface area contributed by atoms with Crippen molar-refractivity contribution in [1.82, 2.24) is 4.57 Å². The lowest BCUT2D eigenvalue weighted by Crippen LogP contribution is -2.43. The molecule has 3 aromatic rings. The van der Waals surface area contributed by atoms with Gasteiger partial charge in [-0.05, 0) is 30.3 Å². The van der Waals surface area contributed by atoms with Crippen molar-refractivity contribution in [2.45, 2.75) is 6.67 Å². The SMILES string of the molecule is COc1ccc(N2CN=c3s/c(=C4\C(=O)Nc5ccccc54)c(=O)n3C2)cc1. The summed E-state index contributed by atoms with van der Waals surface area (Å²) in [7, 11) is 1.62. The Morgan fingerprint density at radius 3 is 2.68 bits per heavy atom. The van der Waals surface area contributed by atoms with Crippen molar-refractivity contribution < 1.29 is 9.53 Å². The summed E-state index contributed by atoms with van der Waals surface area (Å²) in [6.07, 6.45) is 0. The van der Waals surface area contributed by atoms with Crippen LogP contribution in [0.2, 0.25) is 0 Å². The lowest BCUT2D eigenvalue weighted by atomic mass is 10.1. The number of amides is 1. The van der Waals surface area contributed by atoms with Gasteiger partial charge in [-0.2, -0.15) is 0 Å². The van der Waals surface area contributed by atoms with Gasteiger partial charge >= 0.3 is 0 Å². The highest BCUT2D eigenvalue weighted by molar-refractivity contribution is 7.07. The lowest BCUT2D eigenvalue weighted by molar-refractivity contribution is -0.110. The van der Waals surface area contributed by atoms with Gasteiger partial charge in [-0.25, -0.2) is 4.99 Å². The normalized spacial score (nSPS) is 16.9. The summed E-state index contributed by atoms with van der Waals surface area (Å²) < 4.78 is 7.24. The Bertz CT molecular complexity index is 1270. The van der Waals surface area contributed by atoms with Gasteiger partial charge in [0.1, 0.15) is 23.6 Å². The maximum absolute atomic E-state index is 13.1. The third-order valence-corrected chi connectivity index (χ3v) is 6.00. The van der Waals surface area contributed by atoms with Crippen LogP contribution >= 0.6 is 11.3 Å². The number of thiazole rings is 1. The fourth-order valence-corrected chi connectivity index (χ4v) is 4.52. The molecular weight excluding hydrogens is 376 g/mol. The summed E-state index contributed by atoms with van der Waals surface area (Å²) in [5.74, 6) is 0.528. The highest BCUT2D eigenvalue weighted by Gasteiger charge is 2.27. The van der Waals surface area contributed by atoms with Crippen molar-refractivity contribution in [2.75, 3.05) is 24.0 Å². The van der Waals surface area contributed by atoms with E-state index in [-0.39, 0.29) is 11.5 Å². The van der Waals surface area contributed by atoms with Gasteiger partial charge in [0.25, 0.3) is 11.5 Å². The predicted molar refractivity (Wildman–Crippen MR) is 107 cm³/mol. The van der Waals surface area contributed by atoms with E-state index in [9.17, 15) is 9.59 Å². The lowest BCUT2D eigenvalue weighted by Gasteiger charge is -2.25. The fourth-order valence-electron chi connectivity index (χ4n) is 3.46. The minimum Gasteiger partial charge on any atom is -0.497 e. The van der Waals surface area contributed by atoms with Crippen molar-refractivity contribution >= 4 is 34.2 Å². The number of anilines is 2. The first-order chi connectivity index (χ1) is 13.7. The van der Waals surface area contributed by atoms with E-state index >= 15 is 0 Å². The average molecular weight is 392 g/mol. The second-order valence-electron chi connectivity index (χ2n) is 6.50. The monoisotopic (exact) mass is 392 g/mol. The summed E-state index contributed by atoms with van der Waals surface area (Å²) in [5.41, 5.74) is 2.68. The number of methoxy groups -OCH3 is 1. The molecule has 0 spiro atoms. The zero-order chi connectivity index (χ0) is 19.3. The molecule has 0 aliphatic carbocycles. The Morgan fingerprint density at radius 2 is 1.89 bits per heavy atom. The van der Waals surface area contributed by atoms with Gasteiger partial charge in [-0.3, -0.25) is 14.2 Å². The Morgan fingerprint density at radius 1 is 1.11 bits per heavy atom. The van der Waals surface area contributed by atoms with E-state index in [4.69, 9.17) is 4.74 Å². The largest absolute Gasteiger partial charge is 0.497 e. The summed E-state index contributed by atoms with van der Waals surface area (Å²) in [6.45, 7) is 0.834. The van der Waals surface area contributed by atoms with Gasteiger partial charge in [-0.15, -0.1) is 0 Å². The summed E-state index contributed by atoms with van der Waals surface area (Å²) in [6, 6.07) is 15.0. The van der Waals surface area contributed by atoms with E-state index in [1.165, 1.54) is 11.3 Å². The number of carbonyl (C=O) groups is 1. The van der Waals surface area contributed by atoms with E-state index < -0.39 is 0 Å². The van der Waals surface area contributed by atoms with Gasteiger partial charge in [-0.1, -0.05) is 29.5 Å². The quantitative estimate of drug-likeness (QED) is 0.709. The standard InChI is InChI=1S/C20H16N4O3S/c1-27-13-8-6-12(7-9-13)23-10-21-20-24(11-23)19(26)17(28-20)16-14-4-2-3-5-15(14)22-18(16)25/h2-9H,10-11H2,1H3,(H,22,25)/b17-16-. The van der Waals surface area contributed by atoms with E-state index in [1.807, 2.05) is 53.4 Å². The first-order valence-electron chi connectivity index (χ1n) is 8.74. The number of ether oxygens (including phenoxy) is 1. The van der Waals surface area contributed by atoms with Crippen LogP contribution in [0.4, 0.5) is 11.4 Å². The summed E-state index contributed by atoms with van der Waals surface area (Å²) >= 11 is 1.27. The minimum absolute atomic E-state index is 0.191. The average Bonchev–Trinajstić information content (AvgIpc) is 3.23. The van der Waals surface area contributed by atoms with Crippen molar-refractivity contribution in [3.63, 3.8) is 0 Å². The molecule has 0 bridgehead atoms. The van der Waals surface area contributed by atoms with E-state index in [2.05, 4.69) is 10.3 Å². The van der Waals surface area contributed by atoms with Crippen LogP contribution in [0.15, 0.2) is 58.3 Å². The number of benzene rings is 2. The molecule has 0 unspecified atom stereocenters. The van der Waals surface area contributed by atoms with Crippen molar-refractivity contribution in [3.05, 3.63) is 73.8 Å². The van der Waals surface area contributed by atoms with Crippen LogP contribution in [0.5, 0.6) is 5.75 Å². The first-order valence-corrected chi connectivity index (χ1v) is 9.55. The molecule has 2 aliphatic heterocycles. The van der Waals surface area contributed by atoms with Gasteiger partial charge in [0.2, 0.25) is 0 Å². The molecule has 8 heteroatoms. The van der Waals surface area contributed by atoms with Gasteiger partial charge < -0.3 is 15.0 Å². The highest BCUT2D eigenvalue weighted by atomic mass is 32.1. The number of aromatic nitrogens is 1. The smallest absolute Gasteiger partial charge is 0.272 e. The Hall–Kier alpha value is -3.39. The van der Waals surface area contributed by atoms with Gasteiger partial charge in [0.05, 0.1) is 12.7 Å². The fraction of sp³-hybridized carbons (Fsp3) is 0.150. The zero-order valence-corrected chi connectivity index (χ0v) is 15.8. The van der Waals surface area contributed by atoms with Crippen molar-refractivity contribution in [2.24, 2.45) is 4.99 Å². The first kappa shape index (κ1) is 16.8. The number of fused-ring (bicyclic) bond motifs is 2. The molecular formula is C20H16N4O3S. The van der Waals surface area contributed by atoms with E-state index in [0.29, 0.717) is 28.2 Å². The van der Waals surface area contributed by atoms with Crippen LogP contribution in [-0.2, 0) is 11.5 Å². The second-order valence-corrected chi connectivity index (χ2v) is 7.48. The van der Waals surface area contributed by atoms with Crippen LogP contribution in [0.3, 0.4) is 0 Å². The molecule has 0 fully saturated rings. The second kappa shape index (κ2) is 6.35. The van der Waals surface area contributed by atoms with Crippen molar-refractivity contribution in [1.29, 1.82) is 0 Å². The third-order valence-electron chi connectivity index (χ3n) is 4.89. The molecule has 0 saturated carbocycles. The van der Waals surface area contributed by atoms with Crippen LogP contribution < -0.4 is 29.8 Å². The third kappa shape index (κ3) is 2.53. The number of hydrogen-bond donors (Lipinski definition) is 1. The number of nitrogens with zero attached hydrogens (tertiary/aromatic N) is 3. The maximum atomic E-state index is 13.1. The Kier molecular flexibility index (Phi) is 3.80. The van der Waals surface area contributed by atoms with Gasteiger partial charge in [0.15, 0.2) is 4.80 Å². The number of hydrogen-bond acceptors (Lipinski definition) is 6. The molecule has 0 radical (unpaired) electrons. The van der Waals surface area contributed by atoms with Crippen LogP contribution in [-0.4, -0.2) is 24.3 Å². The van der Waals surface area contributed by atoms with Crippen LogP contribution in [0.1, 0.15) is 5.56 Å². The highest BCUT2D eigenvalue weighted by Crippen LogP contribution is 2.29. The number of carbonyl (C=O) groups excluding carboxylic acids is 1. The Labute approximate surface area is 163 Å². The van der Waals surface area contributed by atoms with Gasteiger partial charge in [0, 0.05) is 16.9 Å². The number of nitrogens with one attached hydrogen (secondary N) is 1. The number of para-hydroxylation sites is 1. The summed E-state index contributed by atoms with van der Waals surface area (Å²) in [5, 5.41) is 2.83. The molecule has 1 amide bonds. The molecule has 1 aromatic heterocycles. The molecule has 2 aromatic carbocycles. The molecule has 0 saturated heterocycles. The zero-order valence-electron chi connectivity index (χ0n) is 15.0. The molecule has 3 heterocycles. The molecule has 28 heavy (non-hydrogen) atoms. The summed E-state index contributed by atoms with van der Waals surface area (Å²) in [4.78, 5) is 32.8.